The lowest BCUT2D eigenvalue weighted by atomic mass is 10.1. The van der Waals surface area contributed by atoms with Crippen LogP contribution in [0.5, 0.6) is 0 Å². The molecule has 0 saturated carbocycles. The number of aliphatic hydroxyl groups excluding tert-OH is 1. The Labute approximate surface area is 84.0 Å². The fraction of sp³-hybridized carbons (Fsp3) is 0.889. The van der Waals surface area contributed by atoms with Gasteiger partial charge in [-0.2, -0.15) is 0 Å². The third kappa shape index (κ3) is 8.06. The molecule has 0 spiro atoms. The Bertz CT molecular complexity index is 139. The summed E-state index contributed by atoms with van der Waals surface area (Å²) in [6.45, 7) is 2.22. The van der Waals surface area contributed by atoms with E-state index in [2.05, 4.69) is 0 Å². The SMILES string of the molecule is CCOC(=O)CCCC[C@@H](O)CCl. The molecule has 0 unspecified atom stereocenters. The largest absolute Gasteiger partial charge is 0.466 e. The van der Waals surface area contributed by atoms with Gasteiger partial charge < -0.3 is 9.84 Å². The Balaban J connectivity index is 3.20. The second kappa shape index (κ2) is 8.32. The number of esters is 1. The highest BCUT2D eigenvalue weighted by atomic mass is 35.5. The molecule has 0 fully saturated rings. The van der Waals surface area contributed by atoms with E-state index in [0.717, 1.165) is 12.8 Å². The summed E-state index contributed by atoms with van der Waals surface area (Å²) in [4.78, 5) is 10.8. The Kier molecular flexibility index (Phi) is 8.14. The van der Waals surface area contributed by atoms with E-state index in [1.807, 2.05) is 0 Å². The molecular formula is C9H17ClO3. The molecular weight excluding hydrogens is 192 g/mol. The van der Waals surface area contributed by atoms with Crippen LogP contribution in [-0.2, 0) is 9.53 Å². The minimum absolute atomic E-state index is 0.164. The molecule has 0 aromatic rings. The zero-order chi connectivity index (χ0) is 10.1. The number of hydrogen-bond donors (Lipinski definition) is 1. The molecule has 0 saturated heterocycles. The Morgan fingerprint density at radius 1 is 1.54 bits per heavy atom. The molecule has 0 aliphatic rings. The van der Waals surface area contributed by atoms with Crippen LogP contribution in [0.3, 0.4) is 0 Å². The van der Waals surface area contributed by atoms with Gasteiger partial charge in [0, 0.05) is 12.3 Å². The molecule has 1 atom stereocenters. The van der Waals surface area contributed by atoms with Gasteiger partial charge in [0.1, 0.15) is 0 Å². The molecule has 0 rings (SSSR count). The maximum Gasteiger partial charge on any atom is 0.305 e. The van der Waals surface area contributed by atoms with Gasteiger partial charge in [0.05, 0.1) is 12.7 Å². The van der Waals surface area contributed by atoms with Crippen LogP contribution in [0.25, 0.3) is 0 Å². The summed E-state index contributed by atoms with van der Waals surface area (Å²) < 4.78 is 4.75. The molecule has 0 heterocycles. The van der Waals surface area contributed by atoms with Gasteiger partial charge in [-0.25, -0.2) is 0 Å². The van der Waals surface area contributed by atoms with E-state index < -0.39 is 6.10 Å². The molecule has 0 aromatic heterocycles. The highest BCUT2D eigenvalue weighted by molar-refractivity contribution is 6.18. The average Bonchev–Trinajstić information content (AvgIpc) is 2.12. The number of rotatable bonds is 7. The number of alkyl halides is 1. The average molecular weight is 209 g/mol. The van der Waals surface area contributed by atoms with Crippen molar-refractivity contribution in [3.05, 3.63) is 0 Å². The van der Waals surface area contributed by atoms with Gasteiger partial charge in [0.25, 0.3) is 0 Å². The van der Waals surface area contributed by atoms with Crippen LogP contribution in [0.15, 0.2) is 0 Å². The monoisotopic (exact) mass is 208 g/mol. The molecule has 4 heteroatoms. The lowest BCUT2D eigenvalue weighted by molar-refractivity contribution is -0.143. The summed E-state index contributed by atoms with van der Waals surface area (Å²) in [5.74, 6) is 0.0993. The first kappa shape index (κ1) is 12.7. The molecule has 0 radical (unpaired) electrons. The van der Waals surface area contributed by atoms with Crippen molar-refractivity contribution in [1.82, 2.24) is 0 Å². The number of carbonyl (C=O) groups is 1. The van der Waals surface area contributed by atoms with E-state index in [1.54, 1.807) is 6.92 Å². The Morgan fingerprint density at radius 3 is 2.77 bits per heavy atom. The van der Waals surface area contributed by atoms with Crippen molar-refractivity contribution in [3.63, 3.8) is 0 Å². The molecule has 0 bridgehead atoms. The van der Waals surface area contributed by atoms with Crippen LogP contribution >= 0.6 is 11.6 Å². The minimum Gasteiger partial charge on any atom is -0.466 e. The van der Waals surface area contributed by atoms with Crippen LogP contribution < -0.4 is 0 Å². The summed E-state index contributed by atoms with van der Waals surface area (Å²) in [5, 5.41) is 9.08. The normalized spacial score (nSPS) is 12.5. The Morgan fingerprint density at radius 2 is 2.23 bits per heavy atom. The summed E-state index contributed by atoms with van der Waals surface area (Å²) in [6, 6.07) is 0. The zero-order valence-electron chi connectivity index (χ0n) is 7.96. The highest BCUT2D eigenvalue weighted by Gasteiger charge is 2.04. The maximum atomic E-state index is 10.8. The van der Waals surface area contributed by atoms with Crippen LogP contribution in [0.2, 0.25) is 0 Å². The first-order valence-electron chi connectivity index (χ1n) is 4.60. The molecule has 0 aliphatic heterocycles. The van der Waals surface area contributed by atoms with Gasteiger partial charge in [-0.3, -0.25) is 4.79 Å². The number of hydrogen-bond acceptors (Lipinski definition) is 3. The molecule has 13 heavy (non-hydrogen) atoms. The number of carbonyl (C=O) groups excluding carboxylic acids is 1. The first-order valence-corrected chi connectivity index (χ1v) is 5.13. The fourth-order valence-corrected chi connectivity index (χ4v) is 1.11. The van der Waals surface area contributed by atoms with E-state index in [4.69, 9.17) is 21.4 Å². The molecule has 78 valence electrons. The smallest absolute Gasteiger partial charge is 0.305 e. The molecule has 0 aromatic carbocycles. The molecule has 0 aliphatic carbocycles. The van der Waals surface area contributed by atoms with Crippen molar-refractivity contribution in [2.45, 2.75) is 38.7 Å². The van der Waals surface area contributed by atoms with Crippen molar-refractivity contribution in [2.24, 2.45) is 0 Å². The van der Waals surface area contributed by atoms with Crippen LogP contribution in [0.1, 0.15) is 32.6 Å². The zero-order valence-corrected chi connectivity index (χ0v) is 8.72. The van der Waals surface area contributed by atoms with Gasteiger partial charge in [-0.15, -0.1) is 11.6 Å². The Hall–Kier alpha value is -0.280. The lowest BCUT2D eigenvalue weighted by Crippen LogP contribution is -2.08. The fourth-order valence-electron chi connectivity index (χ4n) is 0.960. The van der Waals surface area contributed by atoms with Crippen LogP contribution in [0, 0.1) is 0 Å². The third-order valence-electron chi connectivity index (χ3n) is 1.65. The second-order valence-electron chi connectivity index (χ2n) is 2.86. The molecule has 0 amide bonds. The van der Waals surface area contributed by atoms with Gasteiger partial charge in [0.15, 0.2) is 0 Å². The number of aliphatic hydroxyl groups is 1. The van der Waals surface area contributed by atoms with Crippen molar-refractivity contribution in [2.75, 3.05) is 12.5 Å². The lowest BCUT2D eigenvalue weighted by Gasteiger charge is -2.05. The van der Waals surface area contributed by atoms with Crippen LogP contribution in [-0.4, -0.2) is 29.7 Å². The maximum absolute atomic E-state index is 10.8. The third-order valence-corrected chi connectivity index (χ3v) is 2.01. The minimum atomic E-state index is -0.441. The molecule has 1 N–H and O–H groups in total. The van der Waals surface area contributed by atoms with Crippen molar-refractivity contribution in [3.8, 4) is 0 Å². The van der Waals surface area contributed by atoms with Crippen molar-refractivity contribution < 1.29 is 14.6 Å². The van der Waals surface area contributed by atoms with Gasteiger partial charge in [-0.1, -0.05) is 6.42 Å². The number of ether oxygens (including phenoxy) is 1. The molecule has 3 nitrogen and oxygen atoms in total. The topological polar surface area (TPSA) is 46.5 Å². The van der Waals surface area contributed by atoms with Gasteiger partial charge in [-0.05, 0) is 19.8 Å². The van der Waals surface area contributed by atoms with E-state index in [1.165, 1.54) is 0 Å². The van der Waals surface area contributed by atoms with Crippen molar-refractivity contribution in [1.29, 1.82) is 0 Å². The predicted molar refractivity (Wildman–Crippen MR) is 51.8 cm³/mol. The van der Waals surface area contributed by atoms with E-state index >= 15 is 0 Å². The highest BCUT2D eigenvalue weighted by Crippen LogP contribution is 2.05. The first-order chi connectivity index (χ1) is 6.20. The van der Waals surface area contributed by atoms with Crippen LogP contribution in [0.4, 0.5) is 0 Å². The second-order valence-corrected chi connectivity index (χ2v) is 3.17. The van der Waals surface area contributed by atoms with Crippen molar-refractivity contribution >= 4 is 17.6 Å². The summed E-state index contributed by atoms with van der Waals surface area (Å²) >= 11 is 5.40. The summed E-state index contributed by atoms with van der Waals surface area (Å²) in [6.07, 6.45) is 2.22. The van der Waals surface area contributed by atoms with E-state index in [0.29, 0.717) is 19.4 Å². The van der Waals surface area contributed by atoms with E-state index in [-0.39, 0.29) is 11.8 Å². The van der Waals surface area contributed by atoms with Gasteiger partial charge >= 0.3 is 5.97 Å². The number of unbranched alkanes of at least 4 members (excludes halogenated alkanes) is 1. The summed E-state index contributed by atoms with van der Waals surface area (Å²) in [5.41, 5.74) is 0. The van der Waals surface area contributed by atoms with Gasteiger partial charge in [0.2, 0.25) is 0 Å². The predicted octanol–water partition coefficient (Wildman–Crippen LogP) is 1.71. The summed E-state index contributed by atoms with van der Waals surface area (Å²) in [7, 11) is 0. The quantitative estimate of drug-likeness (QED) is 0.394. The number of halogens is 1. The van der Waals surface area contributed by atoms with E-state index in [9.17, 15) is 4.79 Å². The standard InChI is InChI=1S/C9H17ClO3/c1-2-13-9(12)6-4-3-5-8(11)7-10/h8,11H,2-7H2,1H3/t8-/m1/s1.